The highest BCUT2D eigenvalue weighted by atomic mass is 19.1. The number of benzene rings is 2. The van der Waals surface area contributed by atoms with E-state index < -0.39 is 0 Å². The van der Waals surface area contributed by atoms with Crippen LogP contribution in [0.5, 0.6) is 11.5 Å². The molecule has 2 aromatic rings. The second-order valence-electron chi connectivity index (χ2n) is 9.14. The van der Waals surface area contributed by atoms with E-state index in [4.69, 9.17) is 9.47 Å². The van der Waals surface area contributed by atoms with Crippen LogP contribution in [0.2, 0.25) is 0 Å². The van der Waals surface area contributed by atoms with Crippen LogP contribution in [0.25, 0.3) is 0 Å². The summed E-state index contributed by atoms with van der Waals surface area (Å²) in [5, 5.41) is 3.10. The van der Waals surface area contributed by atoms with Crippen molar-refractivity contribution in [3.63, 3.8) is 0 Å². The van der Waals surface area contributed by atoms with E-state index >= 15 is 0 Å². The van der Waals surface area contributed by atoms with Crippen molar-refractivity contribution >= 4 is 11.8 Å². The van der Waals surface area contributed by atoms with Gasteiger partial charge < -0.3 is 24.6 Å². The fourth-order valence-electron chi connectivity index (χ4n) is 4.98. The van der Waals surface area contributed by atoms with Crippen LogP contribution in [0.3, 0.4) is 0 Å². The van der Waals surface area contributed by atoms with Gasteiger partial charge in [-0.3, -0.25) is 9.59 Å². The Kier molecular flexibility index (Phi) is 7.36. The lowest BCUT2D eigenvalue weighted by Crippen LogP contribution is -2.49. The molecule has 1 N–H and O–H groups in total. The van der Waals surface area contributed by atoms with E-state index in [0.29, 0.717) is 43.0 Å². The second-order valence-corrected chi connectivity index (χ2v) is 9.14. The first-order valence-corrected chi connectivity index (χ1v) is 11.6. The van der Waals surface area contributed by atoms with Gasteiger partial charge in [0.1, 0.15) is 17.3 Å². The summed E-state index contributed by atoms with van der Waals surface area (Å²) in [6.07, 6.45) is 1.16. The molecule has 0 unspecified atom stereocenters. The third-order valence-electron chi connectivity index (χ3n) is 6.94. The maximum Gasteiger partial charge on any atom is 0.251 e. The Morgan fingerprint density at radius 1 is 0.941 bits per heavy atom. The molecule has 1 aliphatic carbocycles. The summed E-state index contributed by atoms with van der Waals surface area (Å²) in [7, 11) is 5.13. The maximum absolute atomic E-state index is 13.6. The lowest BCUT2D eigenvalue weighted by Gasteiger charge is -2.35. The number of likely N-dealkylation sites (N-methyl/N-ethyl adjacent to an activating group) is 1. The van der Waals surface area contributed by atoms with E-state index in [1.54, 1.807) is 30.3 Å². The van der Waals surface area contributed by atoms with Gasteiger partial charge in [-0.25, -0.2) is 4.39 Å². The summed E-state index contributed by atoms with van der Waals surface area (Å²) >= 11 is 0. The number of carbonyl (C=O) groups is 2. The standard InChI is InChI=1S/C26H32FN3O4/c1-29-8-10-30(11-9-29)26(32)24-15-20(14-23(24)17-4-6-19(27)7-5-17)28-25(31)18-12-21(33-2)16-22(13-18)34-3/h4-7,12-13,16,20,23-24H,8-11,14-15H2,1-3H3,(H,28,31)/t20-,23+,24-/m0/s1. The Labute approximate surface area is 199 Å². The first kappa shape index (κ1) is 24.0. The molecule has 0 radical (unpaired) electrons. The van der Waals surface area contributed by atoms with Gasteiger partial charge in [-0.05, 0) is 55.6 Å². The van der Waals surface area contributed by atoms with Crippen molar-refractivity contribution in [3.8, 4) is 11.5 Å². The monoisotopic (exact) mass is 469 g/mol. The Morgan fingerprint density at radius 2 is 1.56 bits per heavy atom. The molecule has 8 heteroatoms. The van der Waals surface area contributed by atoms with Crippen molar-refractivity contribution in [2.24, 2.45) is 5.92 Å². The third-order valence-corrected chi connectivity index (χ3v) is 6.94. The smallest absolute Gasteiger partial charge is 0.251 e. The number of rotatable bonds is 6. The maximum atomic E-state index is 13.6. The molecule has 2 fully saturated rings. The Hall–Kier alpha value is -3.13. The zero-order valence-corrected chi connectivity index (χ0v) is 19.9. The van der Waals surface area contributed by atoms with Crippen molar-refractivity contribution in [1.82, 2.24) is 15.1 Å². The highest BCUT2D eigenvalue weighted by Gasteiger charge is 2.42. The fourth-order valence-corrected chi connectivity index (χ4v) is 4.98. The summed E-state index contributed by atoms with van der Waals surface area (Å²) in [6, 6.07) is 11.2. The van der Waals surface area contributed by atoms with E-state index in [9.17, 15) is 14.0 Å². The number of amides is 2. The zero-order valence-electron chi connectivity index (χ0n) is 19.9. The molecule has 4 rings (SSSR count). The van der Waals surface area contributed by atoms with E-state index in [0.717, 1.165) is 18.7 Å². The number of methoxy groups -OCH3 is 2. The largest absolute Gasteiger partial charge is 0.497 e. The lowest BCUT2D eigenvalue weighted by atomic mass is 9.87. The van der Waals surface area contributed by atoms with Crippen LogP contribution in [-0.2, 0) is 4.79 Å². The molecular formula is C26H32FN3O4. The van der Waals surface area contributed by atoms with E-state index in [1.807, 2.05) is 4.90 Å². The molecule has 0 aromatic heterocycles. The van der Waals surface area contributed by atoms with Crippen LogP contribution in [0.1, 0.15) is 34.7 Å². The minimum atomic E-state index is -0.305. The average molecular weight is 470 g/mol. The minimum absolute atomic E-state index is 0.0853. The first-order valence-electron chi connectivity index (χ1n) is 11.6. The molecule has 7 nitrogen and oxygen atoms in total. The molecule has 1 saturated carbocycles. The highest BCUT2D eigenvalue weighted by molar-refractivity contribution is 5.95. The van der Waals surface area contributed by atoms with Crippen LogP contribution >= 0.6 is 0 Å². The summed E-state index contributed by atoms with van der Waals surface area (Å²) in [5.41, 5.74) is 1.36. The molecule has 1 heterocycles. The summed E-state index contributed by atoms with van der Waals surface area (Å²) in [5.74, 6) is 0.277. The number of hydrogen-bond donors (Lipinski definition) is 1. The molecule has 1 aliphatic heterocycles. The van der Waals surface area contributed by atoms with Gasteiger partial charge in [0.2, 0.25) is 5.91 Å². The van der Waals surface area contributed by atoms with Crippen molar-refractivity contribution < 1.29 is 23.5 Å². The molecule has 3 atom stereocenters. The minimum Gasteiger partial charge on any atom is -0.497 e. The molecule has 2 aliphatic rings. The van der Waals surface area contributed by atoms with Gasteiger partial charge in [-0.2, -0.15) is 0 Å². The Balaban J connectivity index is 1.53. The molecule has 2 aromatic carbocycles. The number of carbonyl (C=O) groups excluding carboxylic acids is 2. The number of ether oxygens (including phenoxy) is 2. The number of nitrogens with one attached hydrogen (secondary N) is 1. The Morgan fingerprint density at radius 3 is 2.15 bits per heavy atom. The molecule has 34 heavy (non-hydrogen) atoms. The van der Waals surface area contributed by atoms with Gasteiger partial charge in [0.25, 0.3) is 5.91 Å². The van der Waals surface area contributed by atoms with Gasteiger partial charge in [-0.15, -0.1) is 0 Å². The summed E-state index contributed by atoms with van der Waals surface area (Å²) in [4.78, 5) is 30.7. The molecule has 2 amide bonds. The average Bonchev–Trinajstić information content (AvgIpc) is 3.27. The quantitative estimate of drug-likeness (QED) is 0.705. The van der Waals surface area contributed by atoms with Crippen molar-refractivity contribution in [2.75, 3.05) is 47.4 Å². The van der Waals surface area contributed by atoms with E-state index in [1.165, 1.54) is 26.4 Å². The number of hydrogen-bond acceptors (Lipinski definition) is 5. The topological polar surface area (TPSA) is 71.1 Å². The fraction of sp³-hybridized carbons (Fsp3) is 0.462. The van der Waals surface area contributed by atoms with Crippen LogP contribution in [-0.4, -0.2) is 75.1 Å². The third kappa shape index (κ3) is 5.33. The van der Waals surface area contributed by atoms with Gasteiger partial charge >= 0.3 is 0 Å². The van der Waals surface area contributed by atoms with Crippen molar-refractivity contribution in [1.29, 1.82) is 0 Å². The van der Waals surface area contributed by atoms with Gasteiger partial charge in [0.05, 0.1) is 14.2 Å². The van der Waals surface area contributed by atoms with E-state index in [2.05, 4.69) is 17.3 Å². The summed E-state index contributed by atoms with van der Waals surface area (Å²) < 4.78 is 24.1. The first-order chi connectivity index (χ1) is 16.4. The van der Waals surface area contributed by atoms with Gasteiger partial charge in [0, 0.05) is 49.8 Å². The zero-order chi connectivity index (χ0) is 24.2. The van der Waals surface area contributed by atoms with Crippen LogP contribution < -0.4 is 14.8 Å². The SMILES string of the molecule is COc1cc(OC)cc(C(=O)N[C@@H]2C[C@H](C(=O)N3CCN(C)CC3)[C@@H](c3ccc(F)cc3)C2)c1. The predicted molar refractivity (Wildman–Crippen MR) is 127 cm³/mol. The summed E-state index contributed by atoms with van der Waals surface area (Å²) in [6.45, 7) is 3.08. The highest BCUT2D eigenvalue weighted by Crippen LogP contribution is 2.41. The molecular weight excluding hydrogens is 437 g/mol. The van der Waals surface area contributed by atoms with Crippen LogP contribution in [0.15, 0.2) is 42.5 Å². The normalized spacial score (nSPS) is 22.9. The Bertz CT molecular complexity index is 999. The number of halogens is 1. The van der Waals surface area contributed by atoms with Gasteiger partial charge in [-0.1, -0.05) is 12.1 Å². The van der Waals surface area contributed by atoms with Gasteiger partial charge in [0.15, 0.2) is 0 Å². The predicted octanol–water partition coefficient (Wildman–Crippen LogP) is 2.91. The molecule has 182 valence electrons. The lowest BCUT2D eigenvalue weighted by molar-refractivity contribution is -0.137. The van der Waals surface area contributed by atoms with Crippen LogP contribution in [0, 0.1) is 11.7 Å². The number of nitrogens with zero attached hydrogens (tertiary/aromatic N) is 2. The van der Waals surface area contributed by atoms with E-state index in [-0.39, 0.29) is 35.5 Å². The molecule has 0 bridgehead atoms. The number of piperazine rings is 1. The van der Waals surface area contributed by atoms with Crippen molar-refractivity contribution in [2.45, 2.75) is 24.8 Å². The molecule has 1 saturated heterocycles. The van der Waals surface area contributed by atoms with Crippen molar-refractivity contribution in [3.05, 3.63) is 59.4 Å². The van der Waals surface area contributed by atoms with Crippen LogP contribution in [0.4, 0.5) is 4.39 Å². The molecule has 0 spiro atoms. The second kappa shape index (κ2) is 10.4.